The van der Waals surface area contributed by atoms with E-state index in [2.05, 4.69) is 24.6 Å². The van der Waals surface area contributed by atoms with Crippen LogP contribution in [0.2, 0.25) is 0 Å². The van der Waals surface area contributed by atoms with Crippen molar-refractivity contribution in [1.82, 2.24) is 34.3 Å². The summed E-state index contributed by atoms with van der Waals surface area (Å²) in [5.74, 6) is 1.26. The molecule has 0 saturated carbocycles. The summed E-state index contributed by atoms with van der Waals surface area (Å²) in [4.78, 5) is 18.0. The highest BCUT2D eigenvalue weighted by molar-refractivity contribution is 7.69. The second-order valence-corrected chi connectivity index (χ2v) is 12.3. The van der Waals surface area contributed by atoms with E-state index in [1.165, 1.54) is 12.4 Å². The van der Waals surface area contributed by atoms with Gasteiger partial charge < -0.3 is 9.13 Å². The molecule has 3 aromatic heterocycles. The Morgan fingerprint density at radius 3 is 2.65 bits per heavy atom. The predicted octanol–water partition coefficient (Wildman–Crippen LogP) is 4.03. The average Bonchev–Trinajstić information content (AvgIpc) is 3.50. The molecule has 2 atom stereocenters. The maximum atomic E-state index is 15.3. The van der Waals surface area contributed by atoms with Crippen LogP contribution in [0.4, 0.5) is 4.39 Å². The van der Waals surface area contributed by atoms with Crippen molar-refractivity contribution < 1.29 is 8.96 Å². The molecule has 0 radical (unpaired) electrons. The van der Waals surface area contributed by atoms with Gasteiger partial charge in [0.05, 0.1) is 17.1 Å². The minimum absolute atomic E-state index is 0.129. The molecule has 0 saturated heterocycles. The molecule has 0 fully saturated rings. The van der Waals surface area contributed by atoms with Gasteiger partial charge in [-0.15, -0.1) is 0 Å². The molecule has 2 aliphatic rings. The van der Waals surface area contributed by atoms with Gasteiger partial charge in [-0.3, -0.25) is 0 Å². The summed E-state index contributed by atoms with van der Waals surface area (Å²) >= 11 is 0. The van der Waals surface area contributed by atoms with E-state index < -0.39 is 7.14 Å². The van der Waals surface area contributed by atoms with E-state index in [9.17, 15) is 4.57 Å². The van der Waals surface area contributed by atoms with E-state index in [0.717, 1.165) is 33.5 Å². The van der Waals surface area contributed by atoms with Gasteiger partial charge in [0, 0.05) is 35.5 Å². The lowest BCUT2D eigenvalue weighted by atomic mass is 9.97. The average molecular weight is 471 g/mol. The van der Waals surface area contributed by atoms with Gasteiger partial charge in [0.15, 0.2) is 11.4 Å². The molecular formula is C24H19FN7OP. The summed E-state index contributed by atoms with van der Waals surface area (Å²) in [7, 11) is -2.53. The van der Waals surface area contributed by atoms with Crippen molar-refractivity contribution in [1.29, 1.82) is 0 Å². The van der Waals surface area contributed by atoms with Crippen molar-refractivity contribution >= 4 is 23.7 Å². The van der Waals surface area contributed by atoms with Crippen molar-refractivity contribution in [3.63, 3.8) is 0 Å². The zero-order chi connectivity index (χ0) is 23.2. The zero-order valence-electron chi connectivity index (χ0n) is 18.4. The number of hydrogen-bond donors (Lipinski definition) is 0. The minimum atomic E-state index is -2.53. The van der Waals surface area contributed by atoms with Gasteiger partial charge >= 0.3 is 0 Å². The third-order valence-electron chi connectivity index (χ3n) is 6.72. The third-order valence-corrected chi connectivity index (χ3v) is 7.92. The van der Waals surface area contributed by atoms with E-state index in [1.807, 2.05) is 28.9 Å². The van der Waals surface area contributed by atoms with Crippen LogP contribution >= 0.6 is 7.14 Å². The highest BCUT2D eigenvalue weighted by Gasteiger charge is 2.42. The minimum Gasteiger partial charge on any atom is -0.318 e. The Morgan fingerprint density at radius 1 is 1.03 bits per heavy atom. The Kier molecular flexibility index (Phi) is 3.87. The number of imidazole rings is 1. The zero-order valence-corrected chi connectivity index (χ0v) is 19.3. The summed E-state index contributed by atoms with van der Waals surface area (Å²) < 4.78 is 31.5. The number of fused-ring (bicyclic) bond motifs is 6. The molecule has 10 heteroatoms. The molecule has 2 bridgehead atoms. The predicted molar refractivity (Wildman–Crippen MR) is 126 cm³/mol. The number of halogens is 1. The van der Waals surface area contributed by atoms with E-state index in [4.69, 9.17) is 4.98 Å². The van der Waals surface area contributed by atoms with Gasteiger partial charge in [0.2, 0.25) is 0 Å². The number of rotatable bonds is 2. The van der Waals surface area contributed by atoms with Crippen LogP contribution in [-0.2, 0) is 4.57 Å². The number of nitrogens with zero attached hydrogens (tertiary/aromatic N) is 7. The number of hydrogen-bond acceptors (Lipinski definition) is 6. The summed E-state index contributed by atoms with van der Waals surface area (Å²) in [5, 5.41) is 4.48. The molecule has 0 N–H and O–H groups in total. The lowest BCUT2D eigenvalue weighted by molar-refractivity contribution is 0.495. The first kappa shape index (κ1) is 19.7. The van der Waals surface area contributed by atoms with Crippen molar-refractivity contribution in [3.05, 3.63) is 72.3 Å². The van der Waals surface area contributed by atoms with Crippen molar-refractivity contribution in [2.45, 2.75) is 18.5 Å². The Labute approximate surface area is 193 Å². The smallest absolute Gasteiger partial charge is 0.188 e. The first-order valence-corrected chi connectivity index (χ1v) is 13.6. The topological polar surface area (TPSA) is 91.4 Å². The van der Waals surface area contributed by atoms with Gasteiger partial charge in [-0.25, -0.2) is 29.0 Å². The molecule has 168 valence electrons. The molecule has 7 rings (SSSR count). The lowest BCUT2D eigenvalue weighted by Crippen LogP contribution is -2.13. The second-order valence-electron chi connectivity index (χ2n) is 9.16. The lowest BCUT2D eigenvalue weighted by Gasteiger charge is -2.19. The fourth-order valence-electron chi connectivity index (χ4n) is 5.22. The van der Waals surface area contributed by atoms with Crippen molar-refractivity contribution in [2.24, 2.45) is 0 Å². The fourth-order valence-corrected chi connectivity index (χ4v) is 5.89. The van der Waals surface area contributed by atoms with Crippen LogP contribution in [0, 0.1) is 5.82 Å². The molecule has 0 amide bonds. The van der Waals surface area contributed by atoms with E-state index in [0.29, 0.717) is 23.4 Å². The first-order valence-electron chi connectivity index (χ1n) is 11.0. The van der Waals surface area contributed by atoms with Crippen molar-refractivity contribution in [2.75, 3.05) is 13.3 Å². The third kappa shape index (κ3) is 2.64. The Hall–Kier alpha value is -3.71. The van der Waals surface area contributed by atoms with Crippen LogP contribution < -0.4 is 5.57 Å². The van der Waals surface area contributed by atoms with E-state index in [-0.39, 0.29) is 17.9 Å². The summed E-state index contributed by atoms with van der Waals surface area (Å²) in [5.41, 5.74) is 5.23. The summed E-state index contributed by atoms with van der Waals surface area (Å²) in [6, 6.07) is 10.8. The van der Waals surface area contributed by atoms with Crippen LogP contribution in [0.5, 0.6) is 0 Å². The van der Waals surface area contributed by atoms with Gasteiger partial charge in [-0.1, -0.05) is 18.2 Å². The SMILES string of the molecule is CP(C)(=O)c1ncc(-c2ccc3nc4n(c3c2)[C@H]2C[C@@H]4n3ncnc3-c3cccc(F)c32)cn1. The van der Waals surface area contributed by atoms with Gasteiger partial charge in [-0.05, 0) is 37.1 Å². The molecule has 0 spiro atoms. The second kappa shape index (κ2) is 6.67. The molecule has 5 aromatic rings. The van der Waals surface area contributed by atoms with Gasteiger partial charge in [0.25, 0.3) is 0 Å². The first-order chi connectivity index (χ1) is 16.4. The van der Waals surface area contributed by atoms with Crippen LogP contribution in [0.1, 0.15) is 29.9 Å². The summed E-state index contributed by atoms with van der Waals surface area (Å²) in [6.07, 6.45) is 5.57. The maximum absolute atomic E-state index is 15.3. The van der Waals surface area contributed by atoms with Gasteiger partial charge in [-0.2, -0.15) is 5.10 Å². The van der Waals surface area contributed by atoms with Crippen LogP contribution in [-0.4, -0.2) is 47.6 Å². The number of benzene rings is 2. The van der Waals surface area contributed by atoms with Gasteiger partial charge in [0.1, 0.15) is 31.2 Å². The Morgan fingerprint density at radius 2 is 1.85 bits per heavy atom. The molecule has 34 heavy (non-hydrogen) atoms. The highest BCUT2D eigenvalue weighted by atomic mass is 31.2. The molecular weight excluding hydrogens is 452 g/mol. The van der Waals surface area contributed by atoms with E-state index in [1.54, 1.807) is 31.8 Å². The highest BCUT2D eigenvalue weighted by Crippen LogP contribution is 2.49. The number of aromatic nitrogens is 7. The molecule has 2 aromatic carbocycles. The van der Waals surface area contributed by atoms with Crippen LogP contribution in [0.3, 0.4) is 0 Å². The molecule has 0 aliphatic carbocycles. The summed E-state index contributed by atoms with van der Waals surface area (Å²) in [6.45, 7) is 3.31. The fraction of sp³-hybridized carbons (Fsp3) is 0.208. The van der Waals surface area contributed by atoms with Crippen LogP contribution in [0.25, 0.3) is 33.5 Å². The molecule has 8 nitrogen and oxygen atoms in total. The van der Waals surface area contributed by atoms with Crippen LogP contribution in [0.15, 0.2) is 55.1 Å². The monoisotopic (exact) mass is 471 g/mol. The molecule has 5 heterocycles. The standard InChI is InChI=1S/C24H19FN7OP/c1-34(2,33)24-26-10-14(11-27-24)13-6-7-17-18(8-13)31-19-9-20(23(31)30-17)32-22(28-12-29-32)15-4-3-5-16(25)21(15)19/h3-8,10-12,19-20H,9H2,1-2H3/t19-,20-/m0/s1. The normalized spacial score (nSPS) is 18.4. The quantitative estimate of drug-likeness (QED) is 0.361. The Balaban J connectivity index is 1.44. The Bertz CT molecular complexity index is 1670. The molecule has 2 aliphatic heterocycles. The largest absolute Gasteiger partial charge is 0.318 e. The van der Waals surface area contributed by atoms with E-state index >= 15 is 4.39 Å². The molecule has 0 unspecified atom stereocenters. The van der Waals surface area contributed by atoms with Crippen molar-refractivity contribution in [3.8, 4) is 22.5 Å². The maximum Gasteiger partial charge on any atom is 0.188 e.